The molecule has 2 N–H and O–H groups in total. The molecular weight excluding hydrogens is 296 g/mol. The van der Waals surface area contributed by atoms with Crippen molar-refractivity contribution in [3.8, 4) is 0 Å². The van der Waals surface area contributed by atoms with Gasteiger partial charge in [0.1, 0.15) is 0 Å². The highest BCUT2D eigenvalue weighted by atomic mass is 35.5. The van der Waals surface area contributed by atoms with E-state index in [0.29, 0.717) is 6.54 Å². The minimum atomic E-state index is 0.662. The number of aryl methyl sites for hydroxylation is 1. The first-order chi connectivity index (χ1) is 10.7. The predicted octanol–water partition coefficient (Wildman–Crippen LogP) is 3.93. The molecule has 4 nitrogen and oxygen atoms in total. The highest BCUT2D eigenvalue weighted by Gasteiger charge is 2.06. The molecule has 0 aliphatic heterocycles. The van der Waals surface area contributed by atoms with Gasteiger partial charge in [0, 0.05) is 32.9 Å². The lowest BCUT2D eigenvalue weighted by atomic mass is 10.1. The van der Waals surface area contributed by atoms with Crippen LogP contribution in [0.3, 0.4) is 0 Å². The molecule has 112 valence electrons. The SMILES string of the molecule is C=C(NCc1cc2cc(Cl)c(CC)cc2[nH]1)c1ccnnc1. The van der Waals surface area contributed by atoms with E-state index in [9.17, 15) is 0 Å². The minimum Gasteiger partial charge on any atom is -0.379 e. The molecule has 0 fully saturated rings. The van der Waals surface area contributed by atoms with Crippen LogP contribution < -0.4 is 5.32 Å². The summed E-state index contributed by atoms with van der Waals surface area (Å²) >= 11 is 6.26. The van der Waals surface area contributed by atoms with E-state index in [1.807, 2.05) is 12.1 Å². The molecule has 22 heavy (non-hydrogen) atoms. The van der Waals surface area contributed by atoms with Crippen molar-refractivity contribution in [2.45, 2.75) is 19.9 Å². The Bertz CT molecular complexity index is 808. The number of fused-ring (bicyclic) bond motifs is 1. The van der Waals surface area contributed by atoms with Gasteiger partial charge in [-0.05, 0) is 36.2 Å². The molecule has 0 radical (unpaired) electrons. The number of hydrogen-bond donors (Lipinski definition) is 2. The third-order valence-corrected chi connectivity index (χ3v) is 4.00. The van der Waals surface area contributed by atoms with E-state index in [2.05, 4.69) is 46.1 Å². The third kappa shape index (κ3) is 2.97. The lowest BCUT2D eigenvalue weighted by Gasteiger charge is -2.07. The molecule has 0 aliphatic rings. The van der Waals surface area contributed by atoms with Gasteiger partial charge in [0.05, 0.1) is 18.9 Å². The Morgan fingerprint density at radius 2 is 2.18 bits per heavy atom. The largest absolute Gasteiger partial charge is 0.379 e. The van der Waals surface area contributed by atoms with Crippen molar-refractivity contribution in [1.82, 2.24) is 20.5 Å². The lowest BCUT2D eigenvalue weighted by molar-refractivity contribution is 0.863. The number of H-pyrrole nitrogens is 1. The summed E-state index contributed by atoms with van der Waals surface area (Å²) in [6, 6.07) is 8.10. The quantitative estimate of drug-likeness (QED) is 0.750. The molecule has 0 amide bonds. The number of aromatic amines is 1. The Kier molecular flexibility index (Phi) is 4.11. The van der Waals surface area contributed by atoms with Gasteiger partial charge in [-0.1, -0.05) is 25.1 Å². The molecule has 0 bridgehead atoms. The van der Waals surface area contributed by atoms with Gasteiger partial charge >= 0.3 is 0 Å². The maximum atomic E-state index is 6.26. The second-order valence-electron chi connectivity index (χ2n) is 5.14. The molecule has 5 heteroatoms. The standard InChI is InChI=1S/C17H17ClN4/c1-3-12-8-17-14(7-16(12)18)6-15(22-17)10-19-11(2)13-4-5-20-21-9-13/h4-9,19,22H,2-3,10H2,1H3. The van der Waals surface area contributed by atoms with Crippen LogP contribution >= 0.6 is 11.6 Å². The first kappa shape index (κ1) is 14.6. The molecule has 0 aliphatic carbocycles. The van der Waals surface area contributed by atoms with Gasteiger partial charge in [-0.15, -0.1) is 0 Å². The predicted molar refractivity (Wildman–Crippen MR) is 90.6 cm³/mol. The highest BCUT2D eigenvalue weighted by molar-refractivity contribution is 6.32. The van der Waals surface area contributed by atoms with Crippen LogP contribution in [0.1, 0.15) is 23.7 Å². The molecule has 3 aromatic rings. The molecule has 0 saturated heterocycles. The van der Waals surface area contributed by atoms with Gasteiger partial charge in [0.15, 0.2) is 0 Å². The van der Waals surface area contributed by atoms with Crippen LogP contribution in [0.2, 0.25) is 5.02 Å². The molecule has 0 spiro atoms. The van der Waals surface area contributed by atoms with Crippen molar-refractivity contribution < 1.29 is 0 Å². The van der Waals surface area contributed by atoms with Gasteiger partial charge in [-0.2, -0.15) is 10.2 Å². The molecule has 3 rings (SSSR count). The van der Waals surface area contributed by atoms with Crippen molar-refractivity contribution in [2.75, 3.05) is 0 Å². The maximum Gasteiger partial charge on any atom is 0.0589 e. The fraction of sp³-hybridized carbons (Fsp3) is 0.176. The molecule has 0 unspecified atom stereocenters. The Morgan fingerprint density at radius 1 is 1.32 bits per heavy atom. The maximum absolute atomic E-state index is 6.26. The van der Waals surface area contributed by atoms with Crippen molar-refractivity contribution in [3.05, 3.63) is 65.1 Å². The van der Waals surface area contributed by atoms with Gasteiger partial charge < -0.3 is 10.3 Å². The third-order valence-electron chi connectivity index (χ3n) is 3.65. The van der Waals surface area contributed by atoms with E-state index in [-0.39, 0.29) is 0 Å². The Morgan fingerprint density at radius 3 is 2.91 bits per heavy atom. The van der Waals surface area contributed by atoms with Crippen LogP contribution in [0, 0.1) is 0 Å². The van der Waals surface area contributed by atoms with Gasteiger partial charge in [0.2, 0.25) is 0 Å². The number of nitrogens with one attached hydrogen (secondary N) is 2. The zero-order valence-corrected chi connectivity index (χ0v) is 13.1. The zero-order valence-electron chi connectivity index (χ0n) is 12.4. The van der Waals surface area contributed by atoms with Crippen molar-refractivity contribution in [3.63, 3.8) is 0 Å². The molecule has 0 saturated carbocycles. The van der Waals surface area contributed by atoms with Crippen LogP contribution in [0.5, 0.6) is 0 Å². The summed E-state index contributed by atoms with van der Waals surface area (Å²) in [7, 11) is 0. The summed E-state index contributed by atoms with van der Waals surface area (Å²) in [5, 5.41) is 12.8. The number of rotatable bonds is 5. The number of hydrogen-bond acceptors (Lipinski definition) is 3. The molecule has 1 aromatic carbocycles. The van der Waals surface area contributed by atoms with Crippen molar-refractivity contribution >= 4 is 28.2 Å². The smallest absolute Gasteiger partial charge is 0.0589 e. The zero-order chi connectivity index (χ0) is 15.5. The fourth-order valence-corrected chi connectivity index (χ4v) is 2.70. The van der Waals surface area contributed by atoms with Gasteiger partial charge in [0.25, 0.3) is 0 Å². The molecular formula is C17H17ClN4. The van der Waals surface area contributed by atoms with E-state index in [1.54, 1.807) is 12.4 Å². The first-order valence-corrected chi connectivity index (χ1v) is 7.55. The average molecular weight is 313 g/mol. The number of halogens is 1. The van der Waals surface area contributed by atoms with Crippen LogP contribution in [0.4, 0.5) is 0 Å². The fourth-order valence-electron chi connectivity index (χ4n) is 2.40. The van der Waals surface area contributed by atoms with Crippen LogP contribution in [-0.2, 0) is 13.0 Å². The summed E-state index contributed by atoms with van der Waals surface area (Å²) in [4.78, 5) is 3.41. The summed E-state index contributed by atoms with van der Waals surface area (Å²) in [6.45, 7) is 6.79. The van der Waals surface area contributed by atoms with Gasteiger partial charge in [-0.25, -0.2) is 0 Å². The number of aromatic nitrogens is 3. The Labute approximate surface area is 134 Å². The van der Waals surface area contributed by atoms with E-state index in [1.165, 1.54) is 0 Å². The van der Waals surface area contributed by atoms with Crippen LogP contribution in [0.15, 0.2) is 43.2 Å². The van der Waals surface area contributed by atoms with E-state index in [0.717, 1.165) is 44.9 Å². The summed E-state index contributed by atoms with van der Waals surface area (Å²) in [5.41, 5.74) is 5.10. The number of nitrogens with zero attached hydrogens (tertiary/aromatic N) is 2. The van der Waals surface area contributed by atoms with E-state index in [4.69, 9.17) is 11.6 Å². The topological polar surface area (TPSA) is 53.6 Å². The summed E-state index contributed by atoms with van der Waals surface area (Å²) < 4.78 is 0. The van der Waals surface area contributed by atoms with Crippen LogP contribution in [-0.4, -0.2) is 15.2 Å². The minimum absolute atomic E-state index is 0.662. The van der Waals surface area contributed by atoms with Crippen molar-refractivity contribution in [2.24, 2.45) is 0 Å². The Hall–Kier alpha value is -2.33. The summed E-state index contributed by atoms with van der Waals surface area (Å²) in [5.74, 6) is 0. The Balaban J connectivity index is 1.76. The van der Waals surface area contributed by atoms with Gasteiger partial charge in [-0.3, -0.25) is 0 Å². The number of benzene rings is 1. The lowest BCUT2D eigenvalue weighted by Crippen LogP contribution is -2.11. The average Bonchev–Trinajstić information content (AvgIpc) is 2.94. The molecule has 2 heterocycles. The second kappa shape index (κ2) is 6.20. The van der Waals surface area contributed by atoms with E-state index < -0.39 is 0 Å². The monoisotopic (exact) mass is 312 g/mol. The highest BCUT2D eigenvalue weighted by Crippen LogP contribution is 2.25. The van der Waals surface area contributed by atoms with Crippen molar-refractivity contribution in [1.29, 1.82) is 0 Å². The van der Waals surface area contributed by atoms with E-state index >= 15 is 0 Å². The molecule has 2 aromatic heterocycles. The normalized spacial score (nSPS) is 10.8. The first-order valence-electron chi connectivity index (χ1n) is 7.17. The molecule has 0 atom stereocenters. The second-order valence-corrected chi connectivity index (χ2v) is 5.55. The van der Waals surface area contributed by atoms with Crippen LogP contribution in [0.25, 0.3) is 16.6 Å². The summed E-state index contributed by atoms with van der Waals surface area (Å²) in [6.07, 6.45) is 4.26.